The van der Waals surface area contributed by atoms with E-state index in [4.69, 9.17) is 13.9 Å². The van der Waals surface area contributed by atoms with Crippen molar-refractivity contribution in [2.24, 2.45) is 5.92 Å². The van der Waals surface area contributed by atoms with E-state index in [0.717, 1.165) is 16.3 Å². The van der Waals surface area contributed by atoms with Crippen molar-refractivity contribution in [3.05, 3.63) is 93.9 Å². The molecule has 0 saturated heterocycles. The molecule has 2 unspecified atom stereocenters. The molecule has 3 rings (SSSR count). The van der Waals surface area contributed by atoms with E-state index in [1.807, 2.05) is 20.8 Å². The van der Waals surface area contributed by atoms with Crippen molar-refractivity contribution in [1.82, 2.24) is 15.2 Å². The first kappa shape index (κ1) is 40.8. The number of halogens is 3. The van der Waals surface area contributed by atoms with Crippen molar-refractivity contribution in [3.63, 3.8) is 0 Å². The Hall–Kier alpha value is -4.63. The van der Waals surface area contributed by atoms with E-state index in [2.05, 4.69) is 16.0 Å². The van der Waals surface area contributed by atoms with Gasteiger partial charge in [0.2, 0.25) is 5.91 Å². The summed E-state index contributed by atoms with van der Waals surface area (Å²) in [4.78, 5) is 53.2. The van der Waals surface area contributed by atoms with Crippen molar-refractivity contribution >= 4 is 31.9 Å². The summed E-state index contributed by atoms with van der Waals surface area (Å²) in [5.74, 6) is -1.70. The monoisotopic (exact) mass is 732 g/mol. The van der Waals surface area contributed by atoms with Crippen molar-refractivity contribution in [2.45, 2.75) is 90.8 Å². The Kier molecular flexibility index (Phi) is 13.6. The molecule has 0 fully saturated rings. The SMILES string of the molecule is COc1ccc(CNC(=O)c2ccn(CC(=O)NC(C(C)C)C(O[Si](C)(C)C(C)(C)C)C(F)(F)F)c(=O)c2NC(=O)OCc2ccccc2)cc1. The summed E-state index contributed by atoms with van der Waals surface area (Å²) in [6.45, 7) is 11.1. The Balaban J connectivity index is 1.89. The molecule has 51 heavy (non-hydrogen) atoms. The second-order valence-corrected chi connectivity index (χ2v) is 18.7. The molecule has 3 amide bonds. The van der Waals surface area contributed by atoms with Gasteiger partial charge >= 0.3 is 12.3 Å². The summed E-state index contributed by atoms with van der Waals surface area (Å²) in [5, 5.41) is 6.91. The minimum Gasteiger partial charge on any atom is -0.497 e. The van der Waals surface area contributed by atoms with Crippen molar-refractivity contribution in [2.75, 3.05) is 12.4 Å². The first-order valence-corrected chi connectivity index (χ1v) is 19.3. The molecule has 1 aromatic heterocycles. The molecule has 0 spiro atoms. The zero-order valence-electron chi connectivity index (χ0n) is 30.1. The van der Waals surface area contributed by atoms with Gasteiger partial charge in [-0.1, -0.05) is 77.1 Å². The minimum absolute atomic E-state index is 0.0696. The number of anilines is 1. The highest BCUT2D eigenvalue weighted by molar-refractivity contribution is 6.74. The zero-order valence-corrected chi connectivity index (χ0v) is 31.1. The van der Waals surface area contributed by atoms with Gasteiger partial charge in [-0.25, -0.2) is 4.79 Å². The molecule has 0 radical (unpaired) electrons. The van der Waals surface area contributed by atoms with Gasteiger partial charge in [0.25, 0.3) is 11.5 Å². The van der Waals surface area contributed by atoms with Gasteiger partial charge in [-0.3, -0.25) is 19.7 Å². The van der Waals surface area contributed by atoms with Gasteiger partial charge in [0.15, 0.2) is 14.4 Å². The zero-order chi connectivity index (χ0) is 38.1. The van der Waals surface area contributed by atoms with Crippen LogP contribution in [0.5, 0.6) is 5.75 Å². The van der Waals surface area contributed by atoms with E-state index in [0.29, 0.717) is 11.3 Å². The van der Waals surface area contributed by atoms with Crippen LogP contribution in [-0.2, 0) is 33.7 Å². The fourth-order valence-corrected chi connectivity index (χ4v) is 5.98. The first-order valence-electron chi connectivity index (χ1n) is 16.4. The van der Waals surface area contributed by atoms with Crippen LogP contribution >= 0.6 is 0 Å². The third-order valence-corrected chi connectivity index (χ3v) is 13.2. The Bertz CT molecular complexity index is 1710. The van der Waals surface area contributed by atoms with Crippen LogP contribution in [0.2, 0.25) is 18.1 Å². The number of nitrogens with one attached hydrogen (secondary N) is 3. The summed E-state index contributed by atoms with van der Waals surface area (Å²) in [6.07, 6.45) is -6.99. The fraction of sp³-hybridized carbons (Fsp3) is 0.444. The van der Waals surface area contributed by atoms with Crippen LogP contribution in [0.25, 0.3) is 0 Å². The lowest BCUT2D eigenvalue weighted by molar-refractivity contribution is -0.210. The molecule has 11 nitrogen and oxygen atoms in total. The van der Waals surface area contributed by atoms with Crippen LogP contribution in [0.4, 0.5) is 23.7 Å². The maximum atomic E-state index is 14.5. The summed E-state index contributed by atoms with van der Waals surface area (Å²) in [7, 11) is -1.42. The number of aromatic nitrogens is 1. The quantitative estimate of drug-likeness (QED) is 0.158. The molecule has 3 N–H and O–H groups in total. The van der Waals surface area contributed by atoms with Gasteiger partial charge in [-0.15, -0.1) is 0 Å². The number of ether oxygens (including phenoxy) is 2. The second kappa shape index (κ2) is 17.1. The molecule has 0 aliphatic carbocycles. The smallest absolute Gasteiger partial charge is 0.415 e. The molecule has 0 aliphatic rings. The number of benzene rings is 2. The van der Waals surface area contributed by atoms with Crippen LogP contribution in [0.3, 0.4) is 0 Å². The molecule has 278 valence electrons. The Morgan fingerprint density at radius 2 is 1.55 bits per heavy atom. The number of nitrogens with zero attached hydrogens (tertiary/aromatic N) is 1. The van der Waals surface area contributed by atoms with E-state index >= 15 is 0 Å². The lowest BCUT2D eigenvalue weighted by Crippen LogP contribution is -2.59. The lowest BCUT2D eigenvalue weighted by atomic mass is 9.98. The maximum Gasteiger partial charge on any atom is 0.415 e. The van der Waals surface area contributed by atoms with Gasteiger partial charge in [-0.2, -0.15) is 13.2 Å². The normalized spacial score (nSPS) is 13.3. The van der Waals surface area contributed by atoms with Crippen LogP contribution in [-0.4, -0.2) is 56.2 Å². The Morgan fingerprint density at radius 1 is 0.922 bits per heavy atom. The summed E-state index contributed by atoms with van der Waals surface area (Å²) < 4.78 is 60.5. The Morgan fingerprint density at radius 3 is 2.10 bits per heavy atom. The van der Waals surface area contributed by atoms with Crippen LogP contribution in [0.15, 0.2) is 71.7 Å². The summed E-state index contributed by atoms with van der Waals surface area (Å²) in [5.41, 5.74) is -0.265. The van der Waals surface area contributed by atoms with Gasteiger partial charge in [0, 0.05) is 12.7 Å². The van der Waals surface area contributed by atoms with E-state index in [-0.39, 0.29) is 18.7 Å². The highest BCUT2D eigenvalue weighted by Crippen LogP contribution is 2.41. The number of hydrogen-bond acceptors (Lipinski definition) is 7. The molecule has 2 atom stereocenters. The number of amides is 3. The van der Waals surface area contributed by atoms with Gasteiger partial charge in [-0.05, 0) is 53.4 Å². The number of hydrogen-bond donors (Lipinski definition) is 3. The molecule has 1 heterocycles. The number of rotatable bonds is 14. The summed E-state index contributed by atoms with van der Waals surface area (Å²) in [6, 6.07) is 15.4. The van der Waals surface area contributed by atoms with E-state index in [1.54, 1.807) is 67.7 Å². The average Bonchev–Trinajstić information content (AvgIpc) is 3.05. The first-order chi connectivity index (χ1) is 23.7. The topological polar surface area (TPSA) is 137 Å². The van der Waals surface area contributed by atoms with Gasteiger partial charge < -0.3 is 29.1 Å². The number of alkyl halides is 3. The van der Waals surface area contributed by atoms with Crippen LogP contribution < -0.4 is 26.2 Å². The van der Waals surface area contributed by atoms with E-state index in [9.17, 15) is 32.3 Å². The molecule has 0 aliphatic heterocycles. The maximum absolute atomic E-state index is 14.5. The fourth-order valence-electron chi connectivity index (χ4n) is 4.71. The number of pyridine rings is 1. The third kappa shape index (κ3) is 11.4. The lowest BCUT2D eigenvalue weighted by Gasteiger charge is -2.42. The van der Waals surface area contributed by atoms with E-state index < -0.39 is 73.3 Å². The van der Waals surface area contributed by atoms with Gasteiger partial charge in [0.05, 0.1) is 18.7 Å². The highest BCUT2D eigenvalue weighted by Gasteiger charge is 2.52. The molecular formula is C36H47F3N4O7Si. The number of carbonyl (C=O) groups is 3. The largest absolute Gasteiger partial charge is 0.497 e. The molecule has 0 bridgehead atoms. The third-order valence-electron chi connectivity index (χ3n) is 8.70. The molecule has 3 aromatic rings. The molecular weight excluding hydrogens is 685 g/mol. The van der Waals surface area contributed by atoms with Crippen LogP contribution in [0, 0.1) is 5.92 Å². The molecule has 0 saturated carbocycles. The Labute approximate surface area is 297 Å². The predicted molar refractivity (Wildman–Crippen MR) is 190 cm³/mol. The molecule has 15 heteroatoms. The van der Waals surface area contributed by atoms with Crippen molar-refractivity contribution in [1.29, 1.82) is 0 Å². The minimum atomic E-state index is -4.80. The standard InChI is InChI=1S/C36H47F3N4O7Si/c1-23(2)29(31(36(37,38)39)50-51(7,8)35(3,4)5)41-28(44)21-43-19-18-27(32(45)40-20-24-14-16-26(48-6)17-15-24)30(33(43)46)42-34(47)49-22-25-12-10-9-11-13-25/h9-19,23,29,31H,20-22H2,1-8H3,(H,40,45)(H,41,44)(H,42,47). The van der Waals surface area contributed by atoms with Crippen LogP contribution in [0.1, 0.15) is 56.1 Å². The highest BCUT2D eigenvalue weighted by atomic mass is 28.4. The predicted octanol–water partition coefficient (Wildman–Crippen LogP) is 6.63. The van der Waals surface area contributed by atoms with Gasteiger partial charge in [0.1, 0.15) is 24.6 Å². The average molecular weight is 733 g/mol. The molecule has 2 aromatic carbocycles. The number of carbonyl (C=O) groups excluding carboxylic acids is 3. The summed E-state index contributed by atoms with van der Waals surface area (Å²) >= 11 is 0. The number of methoxy groups -OCH3 is 1. The second-order valence-electron chi connectivity index (χ2n) is 13.9. The van der Waals surface area contributed by atoms with Crippen molar-refractivity contribution in [3.8, 4) is 5.75 Å². The van der Waals surface area contributed by atoms with E-state index in [1.165, 1.54) is 27.0 Å². The van der Waals surface area contributed by atoms with Crippen molar-refractivity contribution < 1.29 is 41.5 Å².